The fourth-order valence-corrected chi connectivity index (χ4v) is 1.84. The lowest BCUT2D eigenvalue weighted by atomic mass is 10.2. The Kier molecular flexibility index (Phi) is 3.85. The lowest BCUT2D eigenvalue weighted by Gasteiger charge is -2.10. The first-order valence-corrected chi connectivity index (χ1v) is 6.21. The average Bonchev–Trinajstić information content (AvgIpc) is 2.72. The molecule has 5 nitrogen and oxygen atoms in total. The van der Waals surface area contributed by atoms with Crippen LogP contribution in [0.5, 0.6) is 0 Å². The highest BCUT2D eigenvalue weighted by molar-refractivity contribution is 5.92. The first kappa shape index (κ1) is 13.1. The van der Waals surface area contributed by atoms with Crippen molar-refractivity contribution in [1.82, 2.24) is 14.9 Å². The topological polar surface area (TPSA) is 66.9 Å². The number of H-pyrrole nitrogens is 1. The zero-order valence-electron chi connectivity index (χ0n) is 11.0. The number of rotatable bonds is 4. The Hall–Kier alpha value is -2.30. The molecule has 19 heavy (non-hydrogen) atoms. The van der Waals surface area contributed by atoms with Gasteiger partial charge in [0.2, 0.25) is 0 Å². The molecule has 0 aliphatic heterocycles. The summed E-state index contributed by atoms with van der Waals surface area (Å²) in [5, 5.41) is 2.78. The van der Waals surface area contributed by atoms with E-state index in [0.717, 1.165) is 5.56 Å². The molecule has 2 rings (SSSR count). The summed E-state index contributed by atoms with van der Waals surface area (Å²) in [5.41, 5.74) is 1.04. The summed E-state index contributed by atoms with van der Waals surface area (Å²) in [4.78, 5) is 26.3. The van der Waals surface area contributed by atoms with Gasteiger partial charge < -0.3 is 10.3 Å². The third-order valence-corrected chi connectivity index (χ3v) is 2.70. The van der Waals surface area contributed by atoms with Gasteiger partial charge in [0.1, 0.15) is 5.69 Å². The van der Waals surface area contributed by atoms with Crippen LogP contribution >= 0.6 is 0 Å². The number of carbonyl (C=O) groups is 1. The van der Waals surface area contributed by atoms with E-state index < -0.39 is 0 Å². The van der Waals surface area contributed by atoms with Gasteiger partial charge in [-0.15, -0.1) is 0 Å². The van der Waals surface area contributed by atoms with Crippen LogP contribution in [0.2, 0.25) is 0 Å². The number of nitrogens with zero attached hydrogens (tertiary/aromatic N) is 1. The Bertz CT molecular complexity index is 611. The van der Waals surface area contributed by atoms with Crippen LogP contribution in [0.25, 0.3) is 0 Å². The number of aromatic amines is 1. The van der Waals surface area contributed by atoms with Gasteiger partial charge in [-0.3, -0.25) is 9.36 Å². The zero-order valence-corrected chi connectivity index (χ0v) is 11.0. The molecule has 0 unspecified atom stereocenters. The van der Waals surface area contributed by atoms with Gasteiger partial charge in [0, 0.05) is 12.2 Å². The highest BCUT2D eigenvalue weighted by Gasteiger charge is 2.15. The predicted octanol–water partition coefficient (Wildman–Crippen LogP) is 1.36. The fourth-order valence-electron chi connectivity index (χ4n) is 1.84. The van der Waals surface area contributed by atoms with Gasteiger partial charge in [-0.05, 0) is 19.4 Å². The number of benzene rings is 1. The number of carbonyl (C=O) groups excluding carboxylic acids is 1. The second kappa shape index (κ2) is 5.56. The first-order chi connectivity index (χ1) is 9.08. The molecule has 1 heterocycles. The lowest BCUT2D eigenvalue weighted by Crippen LogP contribution is -2.33. The van der Waals surface area contributed by atoms with Gasteiger partial charge in [-0.2, -0.15) is 0 Å². The normalized spacial score (nSPS) is 10.7. The third-order valence-electron chi connectivity index (χ3n) is 2.70. The number of nitrogens with one attached hydrogen (secondary N) is 2. The first-order valence-electron chi connectivity index (χ1n) is 6.21. The van der Waals surface area contributed by atoms with Crippen molar-refractivity contribution < 1.29 is 4.79 Å². The molecule has 0 saturated carbocycles. The van der Waals surface area contributed by atoms with Crippen LogP contribution < -0.4 is 11.0 Å². The van der Waals surface area contributed by atoms with E-state index in [1.807, 2.05) is 44.2 Å². The Morgan fingerprint density at radius 2 is 2.00 bits per heavy atom. The van der Waals surface area contributed by atoms with E-state index >= 15 is 0 Å². The molecule has 0 atom stereocenters. The average molecular weight is 259 g/mol. The molecule has 2 N–H and O–H groups in total. The van der Waals surface area contributed by atoms with Crippen LogP contribution in [-0.2, 0) is 6.54 Å². The van der Waals surface area contributed by atoms with Crippen molar-refractivity contribution in [3.8, 4) is 0 Å². The second-order valence-corrected chi connectivity index (χ2v) is 4.68. The predicted molar refractivity (Wildman–Crippen MR) is 73.2 cm³/mol. The van der Waals surface area contributed by atoms with E-state index in [0.29, 0.717) is 12.2 Å². The summed E-state index contributed by atoms with van der Waals surface area (Å²) in [5.74, 6) is -0.246. The maximum Gasteiger partial charge on any atom is 0.326 e. The molecule has 0 bridgehead atoms. The molecule has 0 aliphatic carbocycles. The Labute approximate surface area is 111 Å². The molecule has 2 aromatic rings. The summed E-state index contributed by atoms with van der Waals surface area (Å²) in [6.07, 6.45) is 1.45. The summed E-state index contributed by atoms with van der Waals surface area (Å²) >= 11 is 0. The number of imidazole rings is 1. The quantitative estimate of drug-likeness (QED) is 0.870. The minimum atomic E-state index is -0.280. The standard InChI is InChI=1S/C14H17N3O2/c1-10(2)16-13(18)12-8-15-14(19)17(12)9-11-6-4-3-5-7-11/h3-8,10H,9H2,1-2H3,(H,15,19)(H,16,18). The molecule has 1 aromatic carbocycles. The van der Waals surface area contributed by atoms with Crippen LogP contribution in [0.3, 0.4) is 0 Å². The van der Waals surface area contributed by atoms with Crippen molar-refractivity contribution in [2.45, 2.75) is 26.4 Å². The van der Waals surface area contributed by atoms with E-state index in [4.69, 9.17) is 0 Å². The van der Waals surface area contributed by atoms with Gasteiger partial charge >= 0.3 is 5.69 Å². The van der Waals surface area contributed by atoms with Crippen molar-refractivity contribution in [1.29, 1.82) is 0 Å². The van der Waals surface area contributed by atoms with Gasteiger partial charge in [-0.25, -0.2) is 4.79 Å². The van der Waals surface area contributed by atoms with E-state index in [1.165, 1.54) is 10.8 Å². The van der Waals surface area contributed by atoms with Crippen LogP contribution in [0.15, 0.2) is 41.3 Å². The Balaban J connectivity index is 2.28. The summed E-state index contributed by atoms with van der Waals surface area (Å²) in [6, 6.07) is 9.59. The highest BCUT2D eigenvalue weighted by atomic mass is 16.2. The van der Waals surface area contributed by atoms with Crippen LogP contribution in [0, 0.1) is 0 Å². The molecule has 0 spiro atoms. The van der Waals surface area contributed by atoms with Crippen LogP contribution in [0.1, 0.15) is 29.9 Å². The maximum absolute atomic E-state index is 12.0. The van der Waals surface area contributed by atoms with Crippen molar-refractivity contribution in [2.75, 3.05) is 0 Å². The molecule has 5 heteroatoms. The summed E-state index contributed by atoms with van der Waals surface area (Å²) in [6.45, 7) is 4.14. The Morgan fingerprint density at radius 3 is 2.63 bits per heavy atom. The van der Waals surface area contributed by atoms with Crippen molar-refractivity contribution in [2.24, 2.45) is 0 Å². The largest absolute Gasteiger partial charge is 0.349 e. The summed E-state index contributed by atoms with van der Waals surface area (Å²) in [7, 11) is 0. The van der Waals surface area contributed by atoms with Crippen LogP contribution in [-0.4, -0.2) is 21.5 Å². The van der Waals surface area contributed by atoms with E-state index in [9.17, 15) is 9.59 Å². The molecule has 0 aliphatic rings. The number of hydrogen-bond donors (Lipinski definition) is 2. The van der Waals surface area contributed by atoms with Gasteiger partial charge in [0.15, 0.2) is 0 Å². The molecule has 0 fully saturated rings. The minimum absolute atomic E-state index is 0.0303. The van der Waals surface area contributed by atoms with Gasteiger partial charge in [0.25, 0.3) is 5.91 Å². The molecule has 1 aromatic heterocycles. The Morgan fingerprint density at radius 1 is 1.32 bits per heavy atom. The van der Waals surface area contributed by atoms with E-state index in [1.54, 1.807) is 0 Å². The molecular weight excluding hydrogens is 242 g/mol. The number of aromatic nitrogens is 2. The lowest BCUT2D eigenvalue weighted by molar-refractivity contribution is 0.0934. The van der Waals surface area contributed by atoms with Crippen molar-refractivity contribution in [3.63, 3.8) is 0 Å². The van der Waals surface area contributed by atoms with E-state index in [-0.39, 0.29) is 17.6 Å². The van der Waals surface area contributed by atoms with Gasteiger partial charge in [0.05, 0.1) is 6.54 Å². The third kappa shape index (κ3) is 3.13. The molecule has 100 valence electrons. The highest BCUT2D eigenvalue weighted by Crippen LogP contribution is 2.04. The van der Waals surface area contributed by atoms with Gasteiger partial charge in [-0.1, -0.05) is 30.3 Å². The van der Waals surface area contributed by atoms with Crippen molar-refractivity contribution >= 4 is 5.91 Å². The zero-order chi connectivity index (χ0) is 13.8. The van der Waals surface area contributed by atoms with E-state index in [2.05, 4.69) is 10.3 Å². The maximum atomic E-state index is 12.0. The minimum Gasteiger partial charge on any atom is -0.349 e. The molecular formula is C14H17N3O2. The molecule has 1 amide bonds. The van der Waals surface area contributed by atoms with Crippen molar-refractivity contribution in [3.05, 3.63) is 58.3 Å². The number of amides is 1. The second-order valence-electron chi connectivity index (χ2n) is 4.68. The SMILES string of the molecule is CC(C)NC(=O)c1c[nH]c(=O)n1Cc1ccccc1. The molecule has 0 saturated heterocycles. The van der Waals surface area contributed by atoms with Crippen LogP contribution in [0.4, 0.5) is 0 Å². The fraction of sp³-hybridized carbons (Fsp3) is 0.286. The monoisotopic (exact) mass is 259 g/mol. The summed E-state index contributed by atoms with van der Waals surface area (Å²) < 4.78 is 1.44. The molecule has 0 radical (unpaired) electrons. The smallest absolute Gasteiger partial charge is 0.326 e. The number of hydrogen-bond acceptors (Lipinski definition) is 2.